The predicted molar refractivity (Wildman–Crippen MR) is 60.2 cm³/mol. The molecule has 0 aromatic carbocycles. The molecule has 1 aromatic heterocycles. The lowest BCUT2D eigenvalue weighted by Gasteiger charge is -2.07. The Morgan fingerprint density at radius 2 is 2.07 bits per heavy atom. The van der Waals surface area contributed by atoms with Gasteiger partial charge in [0.15, 0.2) is 0 Å². The van der Waals surface area contributed by atoms with Gasteiger partial charge in [-0.3, -0.25) is 4.79 Å². The van der Waals surface area contributed by atoms with Crippen molar-refractivity contribution >= 4 is 11.4 Å². The minimum atomic E-state index is -0.0331. The third-order valence-electron chi connectivity index (χ3n) is 2.49. The molecule has 5 nitrogen and oxygen atoms in total. The molecule has 2 rings (SSSR count). The van der Waals surface area contributed by atoms with Crippen molar-refractivity contribution in [1.82, 2.24) is 9.78 Å². The van der Waals surface area contributed by atoms with Crippen LogP contribution in [0.1, 0.15) is 26.0 Å². The van der Waals surface area contributed by atoms with E-state index in [2.05, 4.69) is 15.7 Å². The van der Waals surface area contributed by atoms with Crippen molar-refractivity contribution in [2.75, 3.05) is 10.6 Å². The summed E-state index contributed by atoms with van der Waals surface area (Å²) in [6.45, 7) is 6.59. The predicted octanol–water partition coefficient (Wildman–Crippen LogP) is 1.15. The first-order valence-corrected chi connectivity index (χ1v) is 5.28. The molecular weight excluding hydrogens is 192 g/mol. The highest BCUT2D eigenvalue weighted by atomic mass is 16.1. The van der Waals surface area contributed by atoms with Crippen LogP contribution in [0, 0.1) is 6.92 Å². The van der Waals surface area contributed by atoms with Crippen molar-refractivity contribution in [1.29, 1.82) is 0 Å². The summed E-state index contributed by atoms with van der Waals surface area (Å²) in [5.74, 6) is 0. The van der Waals surface area contributed by atoms with Crippen LogP contribution in [-0.2, 0) is 6.54 Å². The molecule has 0 radical (unpaired) electrons. The zero-order valence-electron chi connectivity index (χ0n) is 9.29. The summed E-state index contributed by atoms with van der Waals surface area (Å²) < 4.78 is 1.53. The highest BCUT2D eigenvalue weighted by molar-refractivity contribution is 5.74. The molecule has 0 amide bonds. The van der Waals surface area contributed by atoms with Gasteiger partial charge >= 0.3 is 0 Å². The number of fused-ring (bicyclic) bond motifs is 1. The number of rotatable bonds is 2. The lowest BCUT2D eigenvalue weighted by atomic mass is 10.3. The summed E-state index contributed by atoms with van der Waals surface area (Å²) in [6, 6.07) is 0. The quantitative estimate of drug-likeness (QED) is 0.765. The monoisotopic (exact) mass is 208 g/mol. The molecule has 1 atom stereocenters. The molecule has 1 aliphatic heterocycles. The first-order chi connectivity index (χ1) is 7.13. The van der Waals surface area contributed by atoms with Crippen LogP contribution >= 0.6 is 0 Å². The third-order valence-corrected chi connectivity index (χ3v) is 2.49. The largest absolute Gasteiger partial charge is 0.362 e. The van der Waals surface area contributed by atoms with Crippen molar-refractivity contribution in [3.63, 3.8) is 0 Å². The summed E-state index contributed by atoms with van der Waals surface area (Å²) in [4.78, 5) is 11.9. The van der Waals surface area contributed by atoms with Gasteiger partial charge in [-0.15, -0.1) is 0 Å². The van der Waals surface area contributed by atoms with E-state index in [0.717, 1.165) is 17.8 Å². The fourth-order valence-corrected chi connectivity index (χ4v) is 1.84. The van der Waals surface area contributed by atoms with Gasteiger partial charge in [-0.2, -0.15) is 5.10 Å². The van der Waals surface area contributed by atoms with Crippen molar-refractivity contribution < 1.29 is 0 Å². The van der Waals surface area contributed by atoms with E-state index in [1.165, 1.54) is 4.68 Å². The number of aryl methyl sites for hydroxylation is 2. The van der Waals surface area contributed by atoms with Gasteiger partial charge in [0.1, 0.15) is 5.69 Å². The van der Waals surface area contributed by atoms with Crippen LogP contribution in [0.25, 0.3) is 0 Å². The van der Waals surface area contributed by atoms with Crippen LogP contribution in [0.3, 0.4) is 0 Å². The first-order valence-electron chi connectivity index (χ1n) is 5.28. The lowest BCUT2D eigenvalue weighted by Crippen LogP contribution is -2.25. The summed E-state index contributed by atoms with van der Waals surface area (Å²) in [5.41, 5.74) is 2.34. The van der Waals surface area contributed by atoms with Crippen molar-refractivity contribution in [3.8, 4) is 0 Å². The number of nitrogens with zero attached hydrogens (tertiary/aromatic N) is 2. The molecule has 0 spiro atoms. The van der Waals surface area contributed by atoms with E-state index in [1.807, 2.05) is 20.8 Å². The molecule has 1 aliphatic rings. The number of nitrogens with one attached hydrogen (secondary N) is 2. The maximum absolute atomic E-state index is 11.9. The normalized spacial score (nSPS) is 18.2. The third kappa shape index (κ3) is 1.58. The fraction of sp³-hybridized carbons (Fsp3) is 0.600. The van der Waals surface area contributed by atoms with Gasteiger partial charge in [-0.25, -0.2) is 4.68 Å². The Morgan fingerprint density at radius 3 is 2.73 bits per heavy atom. The molecular formula is C10H16N4O. The maximum Gasteiger partial charge on any atom is 0.292 e. The van der Waals surface area contributed by atoms with E-state index in [-0.39, 0.29) is 11.7 Å². The molecule has 1 aromatic rings. The first kappa shape index (κ1) is 10.0. The van der Waals surface area contributed by atoms with Gasteiger partial charge in [0.25, 0.3) is 5.56 Å². The zero-order chi connectivity index (χ0) is 11.0. The highest BCUT2D eigenvalue weighted by Crippen LogP contribution is 2.26. The standard InChI is InChI=1S/C10H16N4O/c1-4-5-14-10(15)9-8(6(2)13-14)11-7(3)12-9/h7,11-12H,4-5H2,1-3H3. The van der Waals surface area contributed by atoms with Crippen LogP contribution in [0.2, 0.25) is 0 Å². The molecule has 82 valence electrons. The highest BCUT2D eigenvalue weighted by Gasteiger charge is 2.22. The summed E-state index contributed by atoms with van der Waals surface area (Å²) >= 11 is 0. The minimum absolute atomic E-state index is 0.0331. The fourth-order valence-electron chi connectivity index (χ4n) is 1.84. The molecule has 2 heterocycles. The van der Waals surface area contributed by atoms with Crippen LogP contribution in [0.4, 0.5) is 11.4 Å². The molecule has 0 bridgehead atoms. The molecule has 0 saturated heterocycles. The van der Waals surface area contributed by atoms with E-state index < -0.39 is 0 Å². The Balaban J connectivity index is 2.54. The second-order valence-electron chi connectivity index (χ2n) is 3.87. The average Bonchev–Trinajstić information content (AvgIpc) is 2.57. The van der Waals surface area contributed by atoms with Crippen LogP contribution in [0.15, 0.2) is 4.79 Å². The Labute approximate surface area is 88.5 Å². The molecule has 0 fully saturated rings. The SMILES string of the molecule is CCCn1nc(C)c2c(c1=O)NC(C)N2. The number of anilines is 2. The zero-order valence-corrected chi connectivity index (χ0v) is 9.29. The van der Waals surface area contributed by atoms with Crippen molar-refractivity contribution in [2.45, 2.75) is 39.9 Å². The molecule has 0 saturated carbocycles. The van der Waals surface area contributed by atoms with Crippen LogP contribution in [0.5, 0.6) is 0 Å². The molecule has 15 heavy (non-hydrogen) atoms. The Kier molecular flexibility index (Phi) is 2.38. The van der Waals surface area contributed by atoms with E-state index in [0.29, 0.717) is 12.2 Å². The molecule has 1 unspecified atom stereocenters. The minimum Gasteiger partial charge on any atom is -0.362 e. The van der Waals surface area contributed by atoms with Gasteiger partial charge < -0.3 is 10.6 Å². The van der Waals surface area contributed by atoms with Crippen LogP contribution < -0.4 is 16.2 Å². The van der Waals surface area contributed by atoms with Gasteiger partial charge in [0, 0.05) is 6.54 Å². The average molecular weight is 208 g/mol. The van der Waals surface area contributed by atoms with Gasteiger partial charge in [0.2, 0.25) is 0 Å². The lowest BCUT2D eigenvalue weighted by molar-refractivity contribution is 0.564. The van der Waals surface area contributed by atoms with E-state index in [9.17, 15) is 4.79 Å². The van der Waals surface area contributed by atoms with E-state index in [1.54, 1.807) is 0 Å². The van der Waals surface area contributed by atoms with Gasteiger partial charge in [-0.1, -0.05) is 6.92 Å². The second-order valence-corrected chi connectivity index (χ2v) is 3.87. The summed E-state index contributed by atoms with van der Waals surface area (Å²) in [5, 5.41) is 10.6. The van der Waals surface area contributed by atoms with Gasteiger partial charge in [0.05, 0.1) is 17.5 Å². The Hall–Kier alpha value is -1.52. The number of aromatic nitrogens is 2. The van der Waals surface area contributed by atoms with Crippen molar-refractivity contribution in [2.24, 2.45) is 0 Å². The Morgan fingerprint density at radius 1 is 1.40 bits per heavy atom. The topological polar surface area (TPSA) is 59.0 Å². The van der Waals surface area contributed by atoms with Crippen molar-refractivity contribution in [3.05, 3.63) is 16.0 Å². The summed E-state index contributed by atoms with van der Waals surface area (Å²) in [7, 11) is 0. The molecule has 0 aliphatic carbocycles. The van der Waals surface area contributed by atoms with Crippen LogP contribution in [-0.4, -0.2) is 15.9 Å². The number of hydrogen-bond acceptors (Lipinski definition) is 4. The maximum atomic E-state index is 11.9. The van der Waals surface area contributed by atoms with E-state index in [4.69, 9.17) is 0 Å². The Bertz CT molecular complexity index is 438. The van der Waals surface area contributed by atoms with Gasteiger partial charge in [-0.05, 0) is 20.3 Å². The second kappa shape index (κ2) is 3.56. The molecule has 5 heteroatoms. The molecule has 2 N–H and O–H groups in total. The number of hydrogen-bond donors (Lipinski definition) is 2. The summed E-state index contributed by atoms with van der Waals surface area (Å²) in [6.07, 6.45) is 1.01. The smallest absolute Gasteiger partial charge is 0.292 e. The van der Waals surface area contributed by atoms with E-state index >= 15 is 0 Å².